The highest BCUT2D eigenvalue weighted by molar-refractivity contribution is 6.30. The van der Waals surface area contributed by atoms with Crippen molar-refractivity contribution >= 4 is 11.6 Å². The van der Waals surface area contributed by atoms with Crippen molar-refractivity contribution in [1.29, 1.82) is 0 Å². The second-order valence-corrected chi connectivity index (χ2v) is 6.98. The number of ether oxygens (including phenoxy) is 1. The van der Waals surface area contributed by atoms with Gasteiger partial charge in [-0.3, -0.25) is 4.98 Å². The lowest BCUT2D eigenvalue weighted by atomic mass is 10.1. The van der Waals surface area contributed by atoms with Crippen LogP contribution >= 0.6 is 11.6 Å². The summed E-state index contributed by atoms with van der Waals surface area (Å²) in [6.07, 6.45) is 3.99. The van der Waals surface area contributed by atoms with Crippen LogP contribution in [0.2, 0.25) is 5.02 Å². The summed E-state index contributed by atoms with van der Waals surface area (Å²) in [5.41, 5.74) is 8.11. The van der Waals surface area contributed by atoms with Crippen molar-refractivity contribution in [1.82, 2.24) is 24.7 Å². The van der Waals surface area contributed by atoms with E-state index in [4.69, 9.17) is 22.1 Å². The normalized spacial score (nSPS) is 12.0. The van der Waals surface area contributed by atoms with Crippen LogP contribution in [0.4, 0.5) is 0 Å². The van der Waals surface area contributed by atoms with Gasteiger partial charge in [-0.15, -0.1) is 0 Å². The van der Waals surface area contributed by atoms with Gasteiger partial charge in [0.25, 0.3) is 0 Å². The van der Waals surface area contributed by atoms with Gasteiger partial charge < -0.3 is 15.6 Å². The molecule has 3 aromatic heterocycles. The molecule has 30 heavy (non-hydrogen) atoms. The fourth-order valence-electron chi connectivity index (χ4n) is 2.85. The van der Waals surface area contributed by atoms with Gasteiger partial charge in [0.05, 0.1) is 17.4 Å². The van der Waals surface area contributed by atoms with Crippen LogP contribution in [0.25, 0.3) is 22.8 Å². The van der Waals surface area contributed by atoms with Gasteiger partial charge in [0.15, 0.2) is 5.82 Å². The van der Waals surface area contributed by atoms with Crippen LogP contribution < -0.4 is 10.5 Å². The van der Waals surface area contributed by atoms with Crippen LogP contribution in [0.1, 0.15) is 11.7 Å². The Kier molecular flexibility index (Phi) is 5.71. The van der Waals surface area contributed by atoms with E-state index >= 15 is 0 Å². The molecule has 3 heterocycles. The molecule has 0 aliphatic carbocycles. The number of aliphatic hydroxyl groups is 1. The first-order valence-electron chi connectivity index (χ1n) is 9.18. The number of nitrogens with two attached hydrogens (primary N) is 1. The Labute approximate surface area is 178 Å². The fourth-order valence-corrected chi connectivity index (χ4v) is 3.01. The number of nitrogens with zero attached hydrogens (tertiary/aromatic N) is 5. The van der Waals surface area contributed by atoms with Crippen LogP contribution in [0, 0.1) is 0 Å². The lowest BCUT2D eigenvalue weighted by Crippen LogP contribution is -2.12. The summed E-state index contributed by atoms with van der Waals surface area (Å²) < 4.78 is 7.74. The second-order valence-electron chi connectivity index (χ2n) is 6.54. The quantitative estimate of drug-likeness (QED) is 0.489. The highest BCUT2D eigenvalue weighted by Gasteiger charge is 2.16. The molecule has 4 rings (SSSR count). The second kappa shape index (κ2) is 8.58. The fraction of sp³-hybridized carbons (Fsp3) is 0.143. The Morgan fingerprint density at radius 2 is 1.90 bits per heavy atom. The van der Waals surface area contributed by atoms with Crippen molar-refractivity contribution in [3.8, 4) is 34.4 Å². The van der Waals surface area contributed by atoms with Gasteiger partial charge in [0.1, 0.15) is 11.4 Å². The van der Waals surface area contributed by atoms with Crippen LogP contribution in [-0.2, 0) is 7.05 Å². The van der Waals surface area contributed by atoms with Crippen LogP contribution in [0.3, 0.4) is 0 Å². The standard InChI is InChI=1S/C21H19ClN6O2/c1-28-20(9-17(27-28)16-4-2-3-7-24-16)30-19-8-14(22)5-6-15(19)21-25-11-13(12-26-21)18(29)10-23/h2-9,11-12,18,29H,10,23H2,1H3/t18-/m0/s1. The molecule has 1 atom stereocenters. The van der Waals surface area contributed by atoms with Crippen molar-refractivity contribution < 1.29 is 9.84 Å². The molecule has 0 amide bonds. The van der Waals surface area contributed by atoms with Crippen LogP contribution in [0.5, 0.6) is 11.6 Å². The highest BCUT2D eigenvalue weighted by atomic mass is 35.5. The molecule has 0 fully saturated rings. The summed E-state index contributed by atoms with van der Waals surface area (Å²) in [4.78, 5) is 13.0. The molecular formula is C21H19ClN6O2. The number of benzene rings is 1. The summed E-state index contributed by atoms with van der Waals surface area (Å²) in [5.74, 6) is 1.42. The van der Waals surface area contributed by atoms with Crippen molar-refractivity contribution in [3.05, 3.63) is 71.6 Å². The third-order valence-corrected chi connectivity index (χ3v) is 4.68. The van der Waals surface area contributed by atoms with E-state index in [1.165, 1.54) is 0 Å². The number of rotatable bonds is 6. The number of aryl methyl sites for hydroxylation is 1. The van der Waals surface area contributed by atoms with E-state index in [1.807, 2.05) is 18.2 Å². The minimum Gasteiger partial charge on any atom is -0.438 e. The number of pyridine rings is 1. The first-order chi connectivity index (χ1) is 14.5. The molecule has 152 valence electrons. The van der Waals surface area contributed by atoms with Gasteiger partial charge in [0, 0.05) is 54.9 Å². The van der Waals surface area contributed by atoms with Crippen LogP contribution in [0.15, 0.2) is 61.1 Å². The summed E-state index contributed by atoms with van der Waals surface area (Å²) in [6, 6.07) is 12.6. The number of halogens is 1. The Hall–Kier alpha value is -3.33. The molecule has 8 nitrogen and oxygen atoms in total. The molecule has 3 N–H and O–H groups in total. The maximum absolute atomic E-state index is 9.84. The maximum Gasteiger partial charge on any atom is 0.218 e. The monoisotopic (exact) mass is 422 g/mol. The Morgan fingerprint density at radius 3 is 2.60 bits per heavy atom. The molecule has 9 heteroatoms. The van der Waals surface area contributed by atoms with E-state index in [0.717, 1.165) is 5.69 Å². The zero-order valence-electron chi connectivity index (χ0n) is 16.1. The molecule has 0 aliphatic rings. The minimum atomic E-state index is -0.806. The lowest BCUT2D eigenvalue weighted by Gasteiger charge is -2.12. The third-order valence-electron chi connectivity index (χ3n) is 4.44. The van der Waals surface area contributed by atoms with Crippen molar-refractivity contribution in [2.75, 3.05) is 6.54 Å². The molecule has 0 radical (unpaired) electrons. The zero-order valence-corrected chi connectivity index (χ0v) is 16.9. The average molecular weight is 423 g/mol. The van der Waals surface area contributed by atoms with E-state index in [9.17, 15) is 5.11 Å². The number of hydrogen-bond acceptors (Lipinski definition) is 7. The predicted octanol–water partition coefficient (Wildman–Crippen LogP) is 3.38. The number of aliphatic hydroxyl groups excluding tert-OH is 1. The molecule has 0 bridgehead atoms. The third kappa shape index (κ3) is 4.16. The SMILES string of the molecule is Cn1nc(-c2ccccn2)cc1Oc1cc(Cl)ccc1-c1ncc([C@@H](O)CN)cn1. The molecule has 0 spiro atoms. The molecule has 0 saturated carbocycles. The zero-order chi connectivity index (χ0) is 21.1. The summed E-state index contributed by atoms with van der Waals surface area (Å²) in [6.45, 7) is 0.0944. The van der Waals surface area contributed by atoms with E-state index < -0.39 is 6.10 Å². The van der Waals surface area contributed by atoms with E-state index in [0.29, 0.717) is 39.3 Å². The van der Waals surface area contributed by atoms with Gasteiger partial charge in [-0.25, -0.2) is 14.6 Å². The largest absolute Gasteiger partial charge is 0.438 e. The van der Waals surface area contributed by atoms with E-state index in [-0.39, 0.29) is 6.54 Å². The lowest BCUT2D eigenvalue weighted by molar-refractivity contribution is 0.186. The molecular weight excluding hydrogens is 404 g/mol. The van der Waals surface area contributed by atoms with E-state index in [1.54, 1.807) is 54.6 Å². The summed E-state index contributed by atoms with van der Waals surface area (Å²) in [7, 11) is 1.78. The topological polar surface area (TPSA) is 112 Å². The molecule has 4 aromatic rings. The molecule has 0 saturated heterocycles. The molecule has 0 aliphatic heterocycles. The van der Waals surface area contributed by atoms with E-state index in [2.05, 4.69) is 20.1 Å². The summed E-state index contributed by atoms with van der Waals surface area (Å²) in [5, 5.41) is 14.8. The predicted molar refractivity (Wildman–Crippen MR) is 113 cm³/mol. The first-order valence-corrected chi connectivity index (χ1v) is 9.56. The Morgan fingerprint density at radius 1 is 1.10 bits per heavy atom. The Bertz CT molecular complexity index is 1150. The van der Waals surface area contributed by atoms with Gasteiger partial charge in [0.2, 0.25) is 5.88 Å². The van der Waals surface area contributed by atoms with Crippen molar-refractivity contribution in [3.63, 3.8) is 0 Å². The van der Waals surface area contributed by atoms with Crippen molar-refractivity contribution in [2.24, 2.45) is 12.8 Å². The minimum absolute atomic E-state index is 0.0944. The molecule has 1 aromatic carbocycles. The van der Waals surface area contributed by atoms with Gasteiger partial charge in [-0.05, 0) is 24.3 Å². The number of hydrogen-bond donors (Lipinski definition) is 2. The summed E-state index contributed by atoms with van der Waals surface area (Å²) >= 11 is 6.20. The average Bonchev–Trinajstić information content (AvgIpc) is 3.14. The Balaban J connectivity index is 1.67. The van der Waals surface area contributed by atoms with Gasteiger partial charge in [-0.1, -0.05) is 17.7 Å². The van der Waals surface area contributed by atoms with Gasteiger partial charge in [-0.2, -0.15) is 5.10 Å². The molecule has 0 unspecified atom stereocenters. The maximum atomic E-state index is 9.84. The highest BCUT2D eigenvalue weighted by Crippen LogP contribution is 2.35. The number of aromatic nitrogens is 5. The van der Waals surface area contributed by atoms with Crippen molar-refractivity contribution in [2.45, 2.75) is 6.10 Å². The van der Waals surface area contributed by atoms with Gasteiger partial charge >= 0.3 is 0 Å². The smallest absolute Gasteiger partial charge is 0.218 e. The first kappa shape index (κ1) is 20.0. The van der Waals surface area contributed by atoms with Crippen LogP contribution in [-0.4, -0.2) is 36.4 Å².